The summed E-state index contributed by atoms with van der Waals surface area (Å²) in [5, 5.41) is 7.82. The van der Waals surface area contributed by atoms with Gasteiger partial charge in [-0.3, -0.25) is 9.13 Å². The van der Waals surface area contributed by atoms with Gasteiger partial charge in [-0.25, -0.2) is 14.4 Å². The quantitative estimate of drug-likeness (QED) is 0.486. The largest absolute Gasteiger partial charge is 0.342 e. The zero-order valence-corrected chi connectivity index (χ0v) is 16.1. The van der Waals surface area contributed by atoms with E-state index in [1.54, 1.807) is 0 Å². The Labute approximate surface area is 196 Å². The third-order valence-electron chi connectivity index (χ3n) is 4.90. The van der Waals surface area contributed by atoms with Gasteiger partial charge in [0.2, 0.25) is 5.95 Å². The van der Waals surface area contributed by atoms with Crippen LogP contribution in [0.1, 0.15) is 61.1 Å². The van der Waals surface area contributed by atoms with E-state index in [2.05, 4.69) is 25.1 Å². The van der Waals surface area contributed by atoms with E-state index in [0.717, 1.165) is 0 Å². The first-order chi connectivity index (χ1) is 19.7. The number of anilines is 1. The summed E-state index contributed by atoms with van der Waals surface area (Å²) in [7, 11) is 0. The molecular weight excluding hydrogens is 395 g/mol. The van der Waals surface area contributed by atoms with Gasteiger partial charge in [-0.15, -0.1) is 10.2 Å². The average molecular weight is 431 g/mol. The third-order valence-corrected chi connectivity index (χ3v) is 4.90. The molecule has 0 saturated heterocycles. The van der Waals surface area contributed by atoms with E-state index >= 15 is 0 Å². The molecule has 1 aromatic carbocycles. The summed E-state index contributed by atoms with van der Waals surface area (Å²) in [5.41, 5.74) is 0.311. The second kappa shape index (κ2) is 7.26. The second-order valence-corrected chi connectivity index (χ2v) is 6.71. The van der Waals surface area contributed by atoms with Gasteiger partial charge in [-0.05, 0) is 51.3 Å². The highest BCUT2D eigenvalue weighted by molar-refractivity contribution is 5.64. The maximum absolute atomic E-state index is 13.6. The van der Waals surface area contributed by atoms with Crippen LogP contribution >= 0.6 is 0 Å². The van der Waals surface area contributed by atoms with Crippen LogP contribution in [0.4, 0.5) is 10.2 Å². The first-order valence-electron chi connectivity index (χ1n) is 15.1. The lowest BCUT2D eigenvalue weighted by Gasteiger charge is -2.39. The minimum absolute atomic E-state index is 0.103. The first kappa shape index (κ1) is 10.1. The van der Waals surface area contributed by atoms with Crippen LogP contribution in [0.5, 0.6) is 0 Å². The highest BCUT2D eigenvalue weighted by atomic mass is 19.1. The van der Waals surface area contributed by atoms with Gasteiger partial charge < -0.3 is 4.90 Å². The molecule has 31 heavy (non-hydrogen) atoms. The van der Waals surface area contributed by atoms with Crippen molar-refractivity contribution in [3.8, 4) is 23.0 Å². The van der Waals surface area contributed by atoms with Crippen molar-refractivity contribution in [3.63, 3.8) is 0 Å². The molecule has 158 valence electrons. The van der Waals surface area contributed by atoms with E-state index < -0.39 is 56.4 Å². The molecule has 4 aromatic rings. The minimum atomic E-state index is -3.67. The van der Waals surface area contributed by atoms with Crippen LogP contribution in [0.25, 0.3) is 23.0 Å². The Morgan fingerprint density at radius 1 is 1.23 bits per heavy atom. The van der Waals surface area contributed by atoms with Crippen molar-refractivity contribution >= 4 is 5.82 Å². The number of halogens is 1. The predicted octanol–water partition coefficient (Wildman–Crippen LogP) is 4.04. The van der Waals surface area contributed by atoms with E-state index in [-0.39, 0.29) is 23.3 Å². The van der Waals surface area contributed by atoms with Crippen LogP contribution in [0.15, 0.2) is 42.9 Å². The number of hydrogen-bond donors (Lipinski definition) is 0. The molecule has 1 atom stereocenters. The lowest BCUT2D eigenvalue weighted by atomic mass is 10.1. The maximum atomic E-state index is 13.6. The number of nitrogens with zero attached hydrogens (tertiary/aromatic N) is 8. The molecule has 1 aliphatic rings. The Morgan fingerprint density at radius 2 is 2.06 bits per heavy atom. The molecule has 0 fully saturated rings. The molecule has 4 heterocycles. The first-order valence-corrected chi connectivity index (χ1v) is 9.10. The van der Waals surface area contributed by atoms with Gasteiger partial charge in [0.1, 0.15) is 23.2 Å². The summed E-state index contributed by atoms with van der Waals surface area (Å²) in [6.45, 7) is -9.35. The van der Waals surface area contributed by atoms with Gasteiger partial charge in [0, 0.05) is 39.1 Å². The lowest BCUT2D eigenvalue weighted by molar-refractivity contribution is 0.496. The van der Waals surface area contributed by atoms with Gasteiger partial charge in [-0.1, -0.05) is 6.85 Å². The van der Waals surface area contributed by atoms with Crippen LogP contribution in [-0.4, -0.2) is 40.3 Å². The zero-order chi connectivity index (χ0) is 31.9. The number of benzene rings is 1. The van der Waals surface area contributed by atoms with Crippen LogP contribution in [0, 0.1) is 12.7 Å². The number of aryl methyl sites for hydroxylation is 1. The molecule has 5 rings (SSSR count). The fourth-order valence-electron chi connectivity index (χ4n) is 3.54. The molecule has 0 aliphatic carbocycles. The lowest BCUT2D eigenvalue weighted by Crippen LogP contribution is -2.40. The molecule has 1 aliphatic heterocycles. The number of rotatable bonds is 4. The fourth-order valence-corrected chi connectivity index (χ4v) is 3.54. The van der Waals surface area contributed by atoms with Crippen molar-refractivity contribution < 1.29 is 20.8 Å². The summed E-state index contributed by atoms with van der Waals surface area (Å²) in [5.74, 6) is -1.44. The minimum Gasteiger partial charge on any atom is -0.342 e. The maximum Gasteiger partial charge on any atom is 0.237 e. The molecule has 9 heteroatoms. The van der Waals surface area contributed by atoms with Crippen LogP contribution < -0.4 is 4.90 Å². The van der Waals surface area contributed by atoms with Crippen molar-refractivity contribution in [2.24, 2.45) is 0 Å². The molecule has 0 N–H and O–H groups in total. The topological polar surface area (TPSA) is 77.5 Å². The molecule has 3 aromatic heterocycles. The molecule has 0 bridgehead atoms. The summed E-state index contributed by atoms with van der Waals surface area (Å²) < 4.78 is 115. The van der Waals surface area contributed by atoms with Crippen molar-refractivity contribution in [2.45, 2.75) is 45.9 Å². The number of fused-ring (bicyclic) bond motifs is 3. The Kier molecular flexibility index (Phi) is 2.37. The average Bonchev–Trinajstić information content (AvgIpc) is 3.53. The highest BCUT2D eigenvalue weighted by Gasteiger charge is 2.36. The molecule has 8 nitrogen and oxygen atoms in total. The van der Waals surface area contributed by atoms with Gasteiger partial charge in [0.05, 0.1) is 13.6 Å². The van der Waals surface area contributed by atoms with Gasteiger partial charge >= 0.3 is 0 Å². The zero-order valence-electron chi connectivity index (χ0n) is 28.1. The second-order valence-electron chi connectivity index (χ2n) is 6.71. The van der Waals surface area contributed by atoms with Crippen LogP contribution in [0.2, 0.25) is 0 Å². The number of aromatic nitrogens is 7. The van der Waals surface area contributed by atoms with E-state index in [1.165, 1.54) is 58.9 Å². The molecule has 0 saturated carbocycles. The fraction of sp³-hybridized carbons (Fsp3) is 0.318. The van der Waals surface area contributed by atoms with Gasteiger partial charge in [0.25, 0.3) is 0 Å². The van der Waals surface area contributed by atoms with E-state index in [0.29, 0.717) is 10.5 Å². The Balaban J connectivity index is 1.87. The van der Waals surface area contributed by atoms with Crippen LogP contribution in [0.3, 0.4) is 0 Å². The standard InChI is InChI=1S/C22H23FN8/c1-5-17-21-28-27-14(4)31(21)18-12-25-22(26-20(18)30(17)13(2)3)29-11-10-24-19(29)15-6-8-16(23)9-7-15/h6-13,17H,5H2,1-4H3/t17-/m1/s1/i1D3,2D3,3D3,5D2,13D. The third kappa shape index (κ3) is 2.99. The highest BCUT2D eigenvalue weighted by Crippen LogP contribution is 2.40. The van der Waals surface area contributed by atoms with Crippen molar-refractivity contribution in [2.75, 3.05) is 4.90 Å². The van der Waals surface area contributed by atoms with Gasteiger partial charge in [-0.2, -0.15) is 4.98 Å². The molecule has 0 unspecified atom stereocenters. The van der Waals surface area contributed by atoms with E-state index in [9.17, 15) is 4.39 Å². The molecule has 0 amide bonds. The summed E-state index contributed by atoms with van der Waals surface area (Å²) in [4.78, 5) is 13.3. The van der Waals surface area contributed by atoms with Crippen molar-refractivity contribution in [3.05, 3.63) is 60.3 Å². The van der Waals surface area contributed by atoms with Crippen LogP contribution in [-0.2, 0) is 0 Å². The smallest absolute Gasteiger partial charge is 0.237 e. The van der Waals surface area contributed by atoms with Crippen molar-refractivity contribution in [1.29, 1.82) is 0 Å². The SMILES string of the molecule is [2H]C([2H])([2H])C([2H])([2H])[C@@H]1c2nnc(C)n2-c2cnc(-n3ccnc3-c3ccc(F)cc3)nc2N1C([2H])(C([2H])([2H])[2H])C([2H])([2H])[2H]. The predicted molar refractivity (Wildman–Crippen MR) is 115 cm³/mol. The number of hydrogen-bond acceptors (Lipinski definition) is 6. The summed E-state index contributed by atoms with van der Waals surface area (Å²) in [6, 6.07) is -0.682. The Hall–Kier alpha value is -3.62. The number of imidazole rings is 1. The normalized spacial score (nSPS) is 23.0. The van der Waals surface area contributed by atoms with E-state index in [1.807, 2.05) is 0 Å². The molecule has 0 radical (unpaired) electrons. The monoisotopic (exact) mass is 430 g/mol. The molecule has 0 spiro atoms. The van der Waals surface area contributed by atoms with Gasteiger partial charge in [0.15, 0.2) is 11.6 Å². The Morgan fingerprint density at radius 3 is 2.84 bits per heavy atom. The summed E-state index contributed by atoms with van der Waals surface area (Å²) >= 11 is 0. The molecular formula is C22H23FN8. The van der Waals surface area contributed by atoms with E-state index in [4.69, 9.17) is 16.4 Å². The van der Waals surface area contributed by atoms with Crippen molar-refractivity contribution in [1.82, 2.24) is 34.3 Å². The Bertz CT molecular complexity index is 1660. The summed E-state index contributed by atoms with van der Waals surface area (Å²) in [6.07, 6.45) is 0.574.